The van der Waals surface area contributed by atoms with Crippen LogP contribution in [-0.4, -0.2) is 35.1 Å². The summed E-state index contributed by atoms with van der Waals surface area (Å²) in [4.78, 5) is 14.9. The lowest BCUT2D eigenvalue weighted by Crippen LogP contribution is -2.30. The molecule has 0 aliphatic rings. The van der Waals surface area contributed by atoms with Crippen LogP contribution in [-0.2, 0) is 23.1 Å². The molecule has 0 bridgehead atoms. The summed E-state index contributed by atoms with van der Waals surface area (Å²) in [6, 6.07) is 20.9. The molecule has 0 atom stereocenters. The van der Waals surface area contributed by atoms with E-state index in [1.165, 1.54) is 22.6 Å². The molecule has 1 heterocycles. The van der Waals surface area contributed by atoms with Crippen molar-refractivity contribution < 1.29 is 36.2 Å². The lowest BCUT2D eigenvalue weighted by molar-refractivity contribution is -0.274. The van der Waals surface area contributed by atoms with Gasteiger partial charge in [0.1, 0.15) is 5.75 Å². The Balaban J connectivity index is 1.59. The average molecular weight is 543 g/mol. The van der Waals surface area contributed by atoms with Crippen LogP contribution in [0.1, 0.15) is 21.5 Å². The maximum atomic E-state index is 13.5. The van der Waals surface area contributed by atoms with E-state index in [1.54, 1.807) is 54.7 Å². The molecule has 0 aliphatic carbocycles. The van der Waals surface area contributed by atoms with Crippen molar-refractivity contribution in [2.45, 2.75) is 24.3 Å². The number of pyridine rings is 1. The molecule has 7 nitrogen and oxygen atoms in total. The Morgan fingerprint density at radius 3 is 1.95 bits per heavy atom. The van der Waals surface area contributed by atoms with Gasteiger partial charge in [0, 0.05) is 25.5 Å². The quantitative estimate of drug-likeness (QED) is 0.290. The van der Waals surface area contributed by atoms with Gasteiger partial charge in [-0.15, -0.1) is 13.2 Å². The Labute approximate surface area is 216 Å². The lowest BCUT2D eigenvalue weighted by atomic mass is 10.0. The van der Waals surface area contributed by atoms with Crippen LogP contribution in [0.25, 0.3) is 11.1 Å². The number of carbonyl (C=O) groups is 1. The number of benzene rings is 3. The molecule has 0 radical (unpaired) electrons. The van der Waals surface area contributed by atoms with Crippen LogP contribution >= 0.6 is 0 Å². The van der Waals surface area contributed by atoms with Gasteiger partial charge in [-0.1, -0.05) is 42.5 Å². The number of hydrogen-bond acceptors (Lipinski definition) is 5. The van der Waals surface area contributed by atoms with E-state index in [-0.39, 0.29) is 23.5 Å². The molecule has 0 unspecified atom stereocenters. The van der Waals surface area contributed by atoms with Gasteiger partial charge >= 0.3 is 12.3 Å². The second-order valence-electron chi connectivity index (χ2n) is 8.23. The Kier molecular flexibility index (Phi) is 7.79. The van der Waals surface area contributed by atoms with Crippen LogP contribution in [0.3, 0.4) is 0 Å². The first kappa shape index (κ1) is 26.8. The summed E-state index contributed by atoms with van der Waals surface area (Å²) in [6.07, 6.45) is -1.80. The molecule has 11 heteroatoms. The van der Waals surface area contributed by atoms with Gasteiger partial charge in [0.2, 0.25) is 10.0 Å². The fraction of sp³-hybridized carbons (Fsp3) is 0.111. The second-order valence-corrected chi connectivity index (χ2v) is 10.2. The predicted molar refractivity (Wildman–Crippen MR) is 133 cm³/mol. The van der Waals surface area contributed by atoms with Gasteiger partial charge in [0.05, 0.1) is 10.5 Å². The number of carboxylic acid groups (broad SMARTS) is 1. The molecule has 196 valence electrons. The number of ether oxygens (including phenoxy) is 1. The largest absolute Gasteiger partial charge is 0.573 e. The summed E-state index contributed by atoms with van der Waals surface area (Å²) < 4.78 is 69.6. The Hall–Kier alpha value is -4.22. The zero-order chi connectivity index (χ0) is 27.3. The maximum absolute atomic E-state index is 13.5. The van der Waals surface area contributed by atoms with Gasteiger partial charge in [-0.05, 0) is 64.7 Å². The molecular formula is C27H21F3N2O5S. The van der Waals surface area contributed by atoms with Crippen LogP contribution < -0.4 is 4.74 Å². The normalized spacial score (nSPS) is 11.9. The van der Waals surface area contributed by atoms with Crippen molar-refractivity contribution in [3.8, 4) is 16.9 Å². The second kappa shape index (κ2) is 11.0. The van der Waals surface area contributed by atoms with Crippen molar-refractivity contribution >= 4 is 16.0 Å². The first-order chi connectivity index (χ1) is 18.0. The highest BCUT2D eigenvalue weighted by Crippen LogP contribution is 2.27. The topological polar surface area (TPSA) is 96.8 Å². The average Bonchev–Trinajstić information content (AvgIpc) is 2.89. The van der Waals surface area contributed by atoms with Gasteiger partial charge in [0.25, 0.3) is 0 Å². The first-order valence-electron chi connectivity index (χ1n) is 11.2. The van der Waals surface area contributed by atoms with Crippen molar-refractivity contribution in [1.29, 1.82) is 0 Å². The molecule has 4 aromatic rings. The van der Waals surface area contributed by atoms with Crippen LogP contribution in [0.5, 0.6) is 5.75 Å². The van der Waals surface area contributed by atoms with Gasteiger partial charge < -0.3 is 9.84 Å². The molecule has 0 aliphatic heterocycles. The smallest absolute Gasteiger partial charge is 0.478 e. The van der Waals surface area contributed by atoms with Gasteiger partial charge in [-0.25, -0.2) is 13.2 Å². The van der Waals surface area contributed by atoms with E-state index in [9.17, 15) is 26.4 Å². The van der Waals surface area contributed by atoms with E-state index < -0.39 is 28.1 Å². The van der Waals surface area contributed by atoms with Crippen molar-refractivity contribution in [2.24, 2.45) is 0 Å². The minimum absolute atomic E-state index is 0.0176. The maximum Gasteiger partial charge on any atom is 0.573 e. The molecule has 1 N–H and O–H groups in total. The zero-order valence-electron chi connectivity index (χ0n) is 19.7. The van der Waals surface area contributed by atoms with Crippen molar-refractivity contribution in [1.82, 2.24) is 9.29 Å². The monoisotopic (exact) mass is 542 g/mol. The zero-order valence-corrected chi connectivity index (χ0v) is 20.5. The first-order valence-corrected chi connectivity index (χ1v) is 12.6. The third-order valence-electron chi connectivity index (χ3n) is 5.55. The van der Waals surface area contributed by atoms with E-state index >= 15 is 0 Å². The molecular weight excluding hydrogens is 521 g/mol. The van der Waals surface area contributed by atoms with Crippen LogP contribution in [0.2, 0.25) is 0 Å². The predicted octanol–water partition coefficient (Wildman–Crippen LogP) is 5.74. The highest BCUT2D eigenvalue weighted by molar-refractivity contribution is 7.89. The molecule has 4 rings (SSSR count). The number of carboxylic acids is 1. The van der Waals surface area contributed by atoms with E-state index in [1.807, 2.05) is 0 Å². The Morgan fingerprint density at radius 1 is 0.842 bits per heavy atom. The van der Waals surface area contributed by atoms with Crippen LogP contribution in [0.15, 0.2) is 102 Å². The van der Waals surface area contributed by atoms with E-state index in [2.05, 4.69) is 9.72 Å². The summed E-state index contributed by atoms with van der Waals surface area (Å²) in [6.45, 7) is -0.0361. The number of halogens is 3. The lowest BCUT2D eigenvalue weighted by Gasteiger charge is -2.23. The van der Waals surface area contributed by atoms with Gasteiger partial charge in [-0.3, -0.25) is 4.98 Å². The Bertz CT molecular complexity index is 1490. The SMILES string of the molecule is O=C(O)c1ccc(-c2ccc(CN(Cc3cccnc3)S(=O)(=O)c3ccc(OC(F)(F)F)cc3)cc2)cc1. The molecule has 38 heavy (non-hydrogen) atoms. The molecule has 0 saturated heterocycles. The minimum atomic E-state index is -4.89. The fourth-order valence-corrected chi connectivity index (χ4v) is 5.11. The summed E-state index contributed by atoms with van der Waals surface area (Å²) >= 11 is 0. The van der Waals surface area contributed by atoms with Crippen molar-refractivity contribution in [2.75, 3.05) is 0 Å². The number of sulfonamides is 1. The molecule has 0 amide bonds. The summed E-state index contributed by atoms with van der Waals surface area (Å²) in [5.74, 6) is -1.55. The molecule has 0 fully saturated rings. The van der Waals surface area contributed by atoms with Crippen LogP contribution in [0.4, 0.5) is 13.2 Å². The number of hydrogen-bond donors (Lipinski definition) is 1. The van der Waals surface area contributed by atoms with E-state index in [4.69, 9.17) is 5.11 Å². The van der Waals surface area contributed by atoms with Gasteiger partial charge in [0.15, 0.2) is 0 Å². The Morgan fingerprint density at radius 2 is 1.42 bits per heavy atom. The summed E-state index contributed by atoms with van der Waals surface area (Å²) in [5.41, 5.74) is 3.07. The summed E-state index contributed by atoms with van der Waals surface area (Å²) in [5, 5.41) is 9.07. The molecule has 3 aromatic carbocycles. The number of rotatable bonds is 9. The number of alkyl halides is 3. The highest BCUT2D eigenvalue weighted by atomic mass is 32.2. The van der Waals surface area contributed by atoms with Gasteiger partial charge in [-0.2, -0.15) is 4.31 Å². The van der Waals surface area contributed by atoms with E-state index in [0.717, 1.165) is 35.4 Å². The summed E-state index contributed by atoms with van der Waals surface area (Å²) in [7, 11) is -4.12. The molecule has 1 aromatic heterocycles. The number of aromatic carboxylic acids is 1. The third-order valence-corrected chi connectivity index (χ3v) is 7.36. The van der Waals surface area contributed by atoms with Crippen molar-refractivity contribution in [3.05, 3.63) is 114 Å². The molecule has 0 saturated carbocycles. The number of nitrogens with zero attached hydrogens (tertiary/aromatic N) is 2. The van der Waals surface area contributed by atoms with E-state index in [0.29, 0.717) is 11.1 Å². The molecule has 0 spiro atoms. The standard InChI is InChI=1S/C27H21F3N2O5S/c28-27(29,30)37-24-11-13-25(14-12-24)38(35,36)32(18-20-2-1-15-31-16-20)17-19-3-5-21(6-4-19)22-7-9-23(10-8-22)26(33)34/h1-16H,17-18H2,(H,33,34). The minimum Gasteiger partial charge on any atom is -0.478 e. The fourth-order valence-electron chi connectivity index (χ4n) is 3.70. The van der Waals surface area contributed by atoms with Crippen molar-refractivity contribution in [3.63, 3.8) is 0 Å². The third kappa shape index (κ3) is 6.75. The number of aromatic nitrogens is 1. The highest BCUT2D eigenvalue weighted by Gasteiger charge is 2.31. The van der Waals surface area contributed by atoms with Crippen LogP contribution in [0, 0.1) is 0 Å².